The Bertz CT molecular complexity index is 530. The second-order valence-electron chi connectivity index (χ2n) is 5.05. The molecular formula is C14H19ClN2O3. The van der Waals surface area contributed by atoms with Gasteiger partial charge in [-0.15, -0.1) is 0 Å². The van der Waals surface area contributed by atoms with Crippen LogP contribution in [-0.4, -0.2) is 31.4 Å². The van der Waals surface area contributed by atoms with E-state index in [2.05, 4.69) is 10.6 Å². The third-order valence-electron chi connectivity index (χ3n) is 3.75. The van der Waals surface area contributed by atoms with Gasteiger partial charge in [0.05, 0.1) is 13.2 Å². The molecular weight excluding hydrogens is 280 g/mol. The lowest BCUT2D eigenvalue weighted by atomic mass is 9.86. The summed E-state index contributed by atoms with van der Waals surface area (Å²) in [6, 6.07) is 1.40. The van der Waals surface area contributed by atoms with E-state index in [1.165, 1.54) is 0 Å². The molecule has 1 aliphatic rings. The van der Waals surface area contributed by atoms with Crippen molar-refractivity contribution in [2.24, 2.45) is 0 Å². The van der Waals surface area contributed by atoms with Crippen molar-refractivity contribution < 1.29 is 14.6 Å². The van der Waals surface area contributed by atoms with Crippen LogP contribution in [0.25, 0.3) is 0 Å². The highest BCUT2D eigenvalue weighted by molar-refractivity contribution is 6.31. The number of ether oxygens (including phenoxy) is 1. The highest BCUT2D eigenvalue weighted by Gasteiger charge is 2.28. The fourth-order valence-electron chi connectivity index (χ4n) is 2.56. The average molecular weight is 299 g/mol. The fourth-order valence-corrected chi connectivity index (χ4v) is 2.78. The summed E-state index contributed by atoms with van der Waals surface area (Å²) in [5.41, 5.74) is 2.85. The van der Waals surface area contributed by atoms with E-state index in [1.807, 2.05) is 6.92 Å². The standard InChI is InChI=1S/C14H19ClN2O3/c1-7-11(15)4-10(8(2)17-14(18)19)13(20-3)12(7)9-5-16-6-9/h4,8-9,16-17H,5-6H2,1-3H3,(H,18,19). The number of hydrogen-bond donors (Lipinski definition) is 3. The van der Waals surface area contributed by atoms with Gasteiger partial charge in [-0.25, -0.2) is 4.79 Å². The van der Waals surface area contributed by atoms with Crippen LogP contribution in [0.4, 0.5) is 4.79 Å². The number of benzene rings is 1. The van der Waals surface area contributed by atoms with Crippen LogP contribution in [0.3, 0.4) is 0 Å². The van der Waals surface area contributed by atoms with Gasteiger partial charge in [0, 0.05) is 35.2 Å². The van der Waals surface area contributed by atoms with E-state index in [1.54, 1.807) is 20.1 Å². The molecule has 1 atom stereocenters. The van der Waals surface area contributed by atoms with Crippen molar-refractivity contribution in [1.29, 1.82) is 0 Å². The first kappa shape index (κ1) is 14.9. The Morgan fingerprint density at radius 3 is 2.70 bits per heavy atom. The molecule has 0 radical (unpaired) electrons. The molecule has 20 heavy (non-hydrogen) atoms. The molecule has 0 aliphatic carbocycles. The number of carbonyl (C=O) groups is 1. The van der Waals surface area contributed by atoms with Gasteiger partial charge in [-0.1, -0.05) is 11.6 Å². The Kier molecular flexibility index (Phi) is 4.40. The zero-order valence-corrected chi connectivity index (χ0v) is 12.5. The average Bonchev–Trinajstić information content (AvgIpc) is 2.31. The minimum absolute atomic E-state index is 0.361. The Morgan fingerprint density at radius 1 is 1.60 bits per heavy atom. The number of hydrogen-bond acceptors (Lipinski definition) is 3. The Morgan fingerprint density at radius 2 is 2.25 bits per heavy atom. The molecule has 1 fully saturated rings. The van der Waals surface area contributed by atoms with Crippen molar-refractivity contribution in [3.63, 3.8) is 0 Å². The molecule has 0 spiro atoms. The topological polar surface area (TPSA) is 70.6 Å². The molecule has 0 saturated carbocycles. The van der Waals surface area contributed by atoms with Crippen LogP contribution in [0.2, 0.25) is 5.02 Å². The molecule has 1 saturated heterocycles. The number of carboxylic acid groups (broad SMARTS) is 1. The highest BCUT2D eigenvalue weighted by atomic mass is 35.5. The van der Waals surface area contributed by atoms with E-state index in [0.29, 0.717) is 10.9 Å². The Hall–Kier alpha value is -1.46. The summed E-state index contributed by atoms with van der Waals surface area (Å²) in [7, 11) is 1.61. The first-order valence-electron chi connectivity index (χ1n) is 6.52. The lowest BCUT2D eigenvalue weighted by Gasteiger charge is -2.32. The molecule has 1 heterocycles. The van der Waals surface area contributed by atoms with Crippen LogP contribution < -0.4 is 15.4 Å². The van der Waals surface area contributed by atoms with Crippen molar-refractivity contribution in [3.8, 4) is 5.75 Å². The number of amides is 1. The molecule has 1 amide bonds. The van der Waals surface area contributed by atoms with E-state index >= 15 is 0 Å². The summed E-state index contributed by atoms with van der Waals surface area (Å²) in [5, 5.41) is 15.2. The maximum absolute atomic E-state index is 10.8. The highest BCUT2D eigenvalue weighted by Crippen LogP contribution is 2.41. The first-order chi connectivity index (χ1) is 9.45. The third-order valence-corrected chi connectivity index (χ3v) is 4.14. The molecule has 2 rings (SSSR count). The van der Waals surface area contributed by atoms with Gasteiger partial charge in [-0.05, 0) is 25.5 Å². The predicted octanol–water partition coefficient (Wildman–Crippen LogP) is 2.67. The fraction of sp³-hybridized carbons (Fsp3) is 0.500. The molecule has 0 aromatic heterocycles. The van der Waals surface area contributed by atoms with Gasteiger partial charge < -0.3 is 20.5 Å². The van der Waals surface area contributed by atoms with Gasteiger partial charge in [-0.2, -0.15) is 0 Å². The van der Waals surface area contributed by atoms with Gasteiger partial charge in [0.25, 0.3) is 0 Å². The number of methoxy groups -OCH3 is 1. The maximum atomic E-state index is 10.8. The van der Waals surface area contributed by atoms with Gasteiger partial charge in [0.15, 0.2) is 0 Å². The number of rotatable bonds is 4. The molecule has 110 valence electrons. The van der Waals surface area contributed by atoms with E-state index in [0.717, 1.165) is 35.5 Å². The molecule has 1 unspecified atom stereocenters. The summed E-state index contributed by atoms with van der Waals surface area (Å²) in [6.07, 6.45) is -1.07. The molecule has 6 heteroatoms. The molecule has 1 aromatic rings. The molecule has 1 aromatic carbocycles. The normalized spacial score (nSPS) is 16.4. The van der Waals surface area contributed by atoms with Crippen LogP contribution >= 0.6 is 11.6 Å². The zero-order valence-electron chi connectivity index (χ0n) is 11.8. The number of halogens is 1. The van der Waals surface area contributed by atoms with E-state index in [9.17, 15) is 4.79 Å². The van der Waals surface area contributed by atoms with E-state index in [4.69, 9.17) is 21.4 Å². The van der Waals surface area contributed by atoms with Gasteiger partial charge in [0.2, 0.25) is 0 Å². The molecule has 3 N–H and O–H groups in total. The van der Waals surface area contributed by atoms with Crippen LogP contribution in [0.5, 0.6) is 5.75 Å². The van der Waals surface area contributed by atoms with Crippen LogP contribution in [0.1, 0.15) is 35.6 Å². The van der Waals surface area contributed by atoms with Gasteiger partial charge in [0.1, 0.15) is 5.75 Å². The molecule has 5 nitrogen and oxygen atoms in total. The van der Waals surface area contributed by atoms with E-state index < -0.39 is 6.09 Å². The van der Waals surface area contributed by atoms with Crippen LogP contribution in [0.15, 0.2) is 6.07 Å². The van der Waals surface area contributed by atoms with Gasteiger partial charge in [-0.3, -0.25) is 0 Å². The third kappa shape index (κ3) is 2.69. The summed E-state index contributed by atoms with van der Waals surface area (Å²) >= 11 is 6.30. The summed E-state index contributed by atoms with van der Waals surface area (Å²) in [5.74, 6) is 1.10. The number of nitrogens with one attached hydrogen (secondary N) is 2. The molecule has 0 bridgehead atoms. The largest absolute Gasteiger partial charge is 0.496 e. The minimum Gasteiger partial charge on any atom is -0.496 e. The SMILES string of the molecule is COc1c(C(C)NC(=O)O)cc(Cl)c(C)c1C1CNC1. The summed E-state index contributed by atoms with van der Waals surface area (Å²) in [4.78, 5) is 10.8. The first-order valence-corrected chi connectivity index (χ1v) is 6.90. The zero-order chi connectivity index (χ0) is 14.9. The van der Waals surface area contributed by atoms with Crippen molar-refractivity contribution in [2.45, 2.75) is 25.8 Å². The van der Waals surface area contributed by atoms with Crippen molar-refractivity contribution >= 4 is 17.7 Å². The summed E-state index contributed by atoms with van der Waals surface area (Å²) in [6.45, 7) is 5.52. The quantitative estimate of drug-likeness (QED) is 0.799. The Labute approximate surface area is 123 Å². The van der Waals surface area contributed by atoms with Gasteiger partial charge >= 0.3 is 6.09 Å². The van der Waals surface area contributed by atoms with E-state index in [-0.39, 0.29) is 6.04 Å². The Balaban J connectivity index is 2.50. The minimum atomic E-state index is -1.07. The van der Waals surface area contributed by atoms with Crippen molar-refractivity contribution in [2.75, 3.05) is 20.2 Å². The van der Waals surface area contributed by atoms with Crippen LogP contribution in [-0.2, 0) is 0 Å². The summed E-state index contributed by atoms with van der Waals surface area (Å²) < 4.78 is 5.55. The predicted molar refractivity (Wildman–Crippen MR) is 77.9 cm³/mol. The maximum Gasteiger partial charge on any atom is 0.405 e. The lowest BCUT2D eigenvalue weighted by Crippen LogP contribution is -2.40. The smallest absolute Gasteiger partial charge is 0.405 e. The van der Waals surface area contributed by atoms with Crippen LogP contribution in [0, 0.1) is 6.92 Å². The lowest BCUT2D eigenvalue weighted by molar-refractivity contribution is 0.190. The molecule has 1 aliphatic heterocycles. The van der Waals surface area contributed by atoms with Crippen molar-refractivity contribution in [3.05, 3.63) is 27.8 Å². The van der Waals surface area contributed by atoms with Crippen molar-refractivity contribution in [1.82, 2.24) is 10.6 Å². The second kappa shape index (κ2) is 5.89. The monoisotopic (exact) mass is 298 g/mol. The second-order valence-corrected chi connectivity index (χ2v) is 5.45.